The highest BCUT2D eigenvalue weighted by Gasteiger charge is 2.05. The van der Waals surface area contributed by atoms with Gasteiger partial charge in [0, 0.05) is 12.6 Å². The maximum atomic E-state index is 13.0. The van der Waals surface area contributed by atoms with E-state index in [9.17, 15) is 8.78 Å². The SMILES string of the molecule is CCN(CCCN)Cc1cc(F)cc(F)c1. The fourth-order valence-electron chi connectivity index (χ4n) is 1.62. The van der Waals surface area contributed by atoms with Crippen LogP contribution in [-0.2, 0) is 6.54 Å². The zero-order valence-electron chi connectivity index (χ0n) is 9.55. The minimum absolute atomic E-state index is 0.523. The number of nitrogens with two attached hydrogens (primary N) is 1. The predicted molar refractivity (Wildman–Crippen MR) is 61.0 cm³/mol. The lowest BCUT2D eigenvalue weighted by molar-refractivity contribution is 0.277. The largest absolute Gasteiger partial charge is 0.330 e. The first-order valence-electron chi connectivity index (χ1n) is 5.53. The average molecular weight is 228 g/mol. The lowest BCUT2D eigenvalue weighted by atomic mass is 10.2. The van der Waals surface area contributed by atoms with Gasteiger partial charge in [0.05, 0.1) is 0 Å². The number of halogens is 2. The third-order valence-electron chi connectivity index (χ3n) is 2.45. The molecule has 0 aromatic heterocycles. The van der Waals surface area contributed by atoms with E-state index in [0.717, 1.165) is 25.6 Å². The Hall–Kier alpha value is -1.00. The Bertz CT molecular complexity index is 309. The number of hydrogen-bond acceptors (Lipinski definition) is 2. The van der Waals surface area contributed by atoms with Crippen LogP contribution in [0.3, 0.4) is 0 Å². The minimum atomic E-state index is -0.523. The molecule has 0 fully saturated rings. The van der Waals surface area contributed by atoms with Gasteiger partial charge in [-0.05, 0) is 43.8 Å². The molecule has 1 rings (SSSR count). The van der Waals surface area contributed by atoms with Crippen LogP contribution in [0.25, 0.3) is 0 Å². The van der Waals surface area contributed by atoms with Gasteiger partial charge in [0.2, 0.25) is 0 Å². The molecule has 0 spiro atoms. The molecule has 0 saturated carbocycles. The fraction of sp³-hybridized carbons (Fsp3) is 0.500. The van der Waals surface area contributed by atoms with Crippen LogP contribution in [0.1, 0.15) is 18.9 Å². The zero-order valence-corrected chi connectivity index (χ0v) is 9.55. The summed E-state index contributed by atoms with van der Waals surface area (Å²) in [5.74, 6) is -1.05. The van der Waals surface area contributed by atoms with Gasteiger partial charge in [-0.25, -0.2) is 8.78 Å². The summed E-state index contributed by atoms with van der Waals surface area (Å²) in [6, 6.07) is 3.63. The summed E-state index contributed by atoms with van der Waals surface area (Å²) in [5.41, 5.74) is 6.09. The smallest absolute Gasteiger partial charge is 0.126 e. The van der Waals surface area contributed by atoms with Crippen molar-refractivity contribution in [3.05, 3.63) is 35.4 Å². The van der Waals surface area contributed by atoms with Crippen LogP contribution >= 0.6 is 0 Å². The number of nitrogens with zero attached hydrogens (tertiary/aromatic N) is 1. The Morgan fingerprint density at radius 2 is 1.81 bits per heavy atom. The second-order valence-electron chi connectivity index (χ2n) is 3.79. The lowest BCUT2D eigenvalue weighted by Crippen LogP contribution is -2.25. The maximum absolute atomic E-state index is 13.0. The first kappa shape index (κ1) is 13.1. The fourth-order valence-corrected chi connectivity index (χ4v) is 1.62. The normalized spacial score (nSPS) is 11.1. The second-order valence-corrected chi connectivity index (χ2v) is 3.79. The van der Waals surface area contributed by atoms with Gasteiger partial charge >= 0.3 is 0 Å². The number of benzene rings is 1. The molecule has 1 aromatic carbocycles. The monoisotopic (exact) mass is 228 g/mol. The molecule has 2 N–H and O–H groups in total. The molecule has 16 heavy (non-hydrogen) atoms. The Morgan fingerprint density at radius 1 is 1.19 bits per heavy atom. The van der Waals surface area contributed by atoms with Gasteiger partial charge in [-0.1, -0.05) is 6.92 Å². The lowest BCUT2D eigenvalue weighted by Gasteiger charge is -2.20. The average Bonchev–Trinajstić information content (AvgIpc) is 2.22. The molecular weight excluding hydrogens is 210 g/mol. The molecule has 0 heterocycles. The highest BCUT2D eigenvalue weighted by Crippen LogP contribution is 2.10. The molecule has 1 aromatic rings. The quantitative estimate of drug-likeness (QED) is 0.808. The van der Waals surface area contributed by atoms with Crippen molar-refractivity contribution in [2.75, 3.05) is 19.6 Å². The van der Waals surface area contributed by atoms with Crippen molar-refractivity contribution >= 4 is 0 Å². The molecule has 0 atom stereocenters. The van der Waals surface area contributed by atoms with Crippen molar-refractivity contribution in [2.45, 2.75) is 19.9 Å². The van der Waals surface area contributed by atoms with Crippen molar-refractivity contribution in [2.24, 2.45) is 5.73 Å². The summed E-state index contributed by atoms with van der Waals surface area (Å²) >= 11 is 0. The van der Waals surface area contributed by atoms with Crippen LogP contribution in [0.15, 0.2) is 18.2 Å². The molecular formula is C12H18F2N2. The van der Waals surface area contributed by atoms with Crippen LogP contribution in [0.4, 0.5) is 8.78 Å². The van der Waals surface area contributed by atoms with Crippen molar-refractivity contribution in [1.29, 1.82) is 0 Å². The van der Waals surface area contributed by atoms with Crippen molar-refractivity contribution in [3.8, 4) is 0 Å². The molecule has 90 valence electrons. The standard InChI is InChI=1S/C12H18F2N2/c1-2-16(5-3-4-15)9-10-6-11(13)8-12(14)7-10/h6-8H,2-5,9,15H2,1H3. The molecule has 0 unspecified atom stereocenters. The first-order chi connectivity index (χ1) is 7.65. The van der Waals surface area contributed by atoms with Gasteiger partial charge in [-0.2, -0.15) is 0 Å². The van der Waals surface area contributed by atoms with Gasteiger partial charge in [0.15, 0.2) is 0 Å². The first-order valence-corrected chi connectivity index (χ1v) is 5.53. The molecule has 2 nitrogen and oxygen atoms in total. The number of rotatable bonds is 6. The van der Waals surface area contributed by atoms with Gasteiger partial charge < -0.3 is 5.73 Å². The zero-order chi connectivity index (χ0) is 12.0. The van der Waals surface area contributed by atoms with Crippen molar-refractivity contribution in [3.63, 3.8) is 0 Å². The van der Waals surface area contributed by atoms with E-state index < -0.39 is 11.6 Å². The molecule has 0 amide bonds. The molecule has 0 bridgehead atoms. The van der Waals surface area contributed by atoms with Gasteiger partial charge in [-0.3, -0.25) is 4.90 Å². The summed E-state index contributed by atoms with van der Waals surface area (Å²) in [6.45, 7) is 4.91. The van der Waals surface area contributed by atoms with Gasteiger partial charge in [0.25, 0.3) is 0 Å². The van der Waals surface area contributed by atoms with E-state index in [1.54, 1.807) is 0 Å². The highest BCUT2D eigenvalue weighted by molar-refractivity contribution is 5.17. The molecule has 0 aliphatic heterocycles. The Labute approximate surface area is 95.1 Å². The minimum Gasteiger partial charge on any atom is -0.330 e. The van der Waals surface area contributed by atoms with E-state index in [2.05, 4.69) is 4.90 Å². The molecule has 4 heteroatoms. The third kappa shape index (κ3) is 4.24. The molecule has 0 radical (unpaired) electrons. The maximum Gasteiger partial charge on any atom is 0.126 e. The van der Waals surface area contributed by atoms with Crippen LogP contribution in [0.2, 0.25) is 0 Å². The van der Waals surface area contributed by atoms with Crippen LogP contribution in [0.5, 0.6) is 0 Å². The van der Waals surface area contributed by atoms with Crippen molar-refractivity contribution in [1.82, 2.24) is 4.90 Å². The molecule has 0 saturated heterocycles. The summed E-state index contributed by atoms with van der Waals surface area (Å²) in [5, 5.41) is 0. The number of hydrogen-bond donors (Lipinski definition) is 1. The van der Waals surface area contributed by atoms with Crippen LogP contribution in [-0.4, -0.2) is 24.5 Å². The van der Waals surface area contributed by atoms with Crippen LogP contribution < -0.4 is 5.73 Å². The van der Waals surface area contributed by atoms with E-state index in [4.69, 9.17) is 5.73 Å². The van der Waals surface area contributed by atoms with E-state index in [1.807, 2.05) is 6.92 Å². The van der Waals surface area contributed by atoms with E-state index in [1.165, 1.54) is 12.1 Å². The summed E-state index contributed by atoms with van der Waals surface area (Å²) < 4.78 is 25.9. The summed E-state index contributed by atoms with van der Waals surface area (Å²) in [7, 11) is 0. The predicted octanol–water partition coefficient (Wildman–Crippen LogP) is 2.14. The van der Waals surface area contributed by atoms with E-state index in [-0.39, 0.29) is 0 Å². The molecule has 0 aliphatic carbocycles. The second kappa shape index (κ2) is 6.55. The Morgan fingerprint density at radius 3 is 2.31 bits per heavy atom. The van der Waals surface area contributed by atoms with Gasteiger partial charge in [-0.15, -0.1) is 0 Å². The third-order valence-corrected chi connectivity index (χ3v) is 2.45. The molecule has 0 aliphatic rings. The highest BCUT2D eigenvalue weighted by atomic mass is 19.1. The topological polar surface area (TPSA) is 29.3 Å². The van der Waals surface area contributed by atoms with E-state index >= 15 is 0 Å². The Balaban J connectivity index is 2.62. The van der Waals surface area contributed by atoms with E-state index in [0.29, 0.717) is 18.7 Å². The summed E-state index contributed by atoms with van der Waals surface area (Å²) in [6.07, 6.45) is 0.894. The van der Waals surface area contributed by atoms with Crippen LogP contribution in [0, 0.1) is 11.6 Å². The van der Waals surface area contributed by atoms with Crippen molar-refractivity contribution < 1.29 is 8.78 Å². The van der Waals surface area contributed by atoms with Gasteiger partial charge in [0.1, 0.15) is 11.6 Å². The Kier molecular flexibility index (Phi) is 5.35. The summed E-state index contributed by atoms with van der Waals surface area (Å²) in [4.78, 5) is 2.11.